The van der Waals surface area contributed by atoms with E-state index in [1.165, 1.54) is 29.7 Å². The molecule has 0 unspecified atom stereocenters. The molecule has 0 aliphatic carbocycles. The zero-order chi connectivity index (χ0) is 19.2. The Balaban J connectivity index is 1.54. The summed E-state index contributed by atoms with van der Waals surface area (Å²) < 4.78 is 0. The van der Waals surface area contributed by atoms with Gasteiger partial charge in [0.25, 0.3) is 5.91 Å². The van der Waals surface area contributed by atoms with Crippen LogP contribution in [0.4, 0.5) is 0 Å². The van der Waals surface area contributed by atoms with Gasteiger partial charge in [-0.15, -0.1) is 0 Å². The van der Waals surface area contributed by atoms with Crippen LogP contribution in [0.3, 0.4) is 0 Å². The molecule has 5 heteroatoms. The summed E-state index contributed by atoms with van der Waals surface area (Å²) in [6.07, 6.45) is 2.56. The number of nitrogens with zero attached hydrogens (tertiary/aromatic N) is 1. The molecule has 140 valence electrons. The Morgan fingerprint density at radius 1 is 1.11 bits per heavy atom. The highest BCUT2D eigenvalue weighted by Gasteiger charge is 2.15. The second-order valence-electron chi connectivity index (χ2n) is 6.83. The number of nitrogens with one attached hydrogen (secondary N) is 1. The van der Waals surface area contributed by atoms with Gasteiger partial charge in [-0.3, -0.25) is 9.69 Å². The van der Waals surface area contributed by atoms with Crippen LogP contribution in [0.2, 0.25) is 0 Å². The fraction of sp³-hybridized carbons (Fsp3) is 0.273. The van der Waals surface area contributed by atoms with Crippen molar-refractivity contribution in [2.24, 2.45) is 0 Å². The minimum Gasteiger partial charge on any atom is -0.478 e. The van der Waals surface area contributed by atoms with E-state index in [2.05, 4.69) is 34.5 Å². The van der Waals surface area contributed by atoms with Crippen LogP contribution >= 0.6 is 0 Å². The Morgan fingerprint density at radius 3 is 2.52 bits per heavy atom. The largest absolute Gasteiger partial charge is 0.478 e. The fourth-order valence-corrected chi connectivity index (χ4v) is 3.20. The third-order valence-corrected chi connectivity index (χ3v) is 4.84. The maximum atomic E-state index is 12.1. The highest BCUT2D eigenvalue weighted by molar-refractivity contribution is 5.94. The van der Waals surface area contributed by atoms with E-state index in [1.807, 2.05) is 24.3 Å². The molecule has 1 aliphatic heterocycles. The average Bonchev–Trinajstić information content (AvgIpc) is 2.68. The van der Waals surface area contributed by atoms with Crippen LogP contribution in [0.1, 0.15) is 34.0 Å². The molecule has 0 saturated heterocycles. The number of rotatable bonds is 6. The summed E-state index contributed by atoms with van der Waals surface area (Å²) in [4.78, 5) is 25.3. The highest BCUT2D eigenvalue weighted by Crippen LogP contribution is 2.20. The van der Waals surface area contributed by atoms with Gasteiger partial charge in [0.2, 0.25) is 0 Å². The Kier molecular flexibility index (Phi) is 6.04. The number of carbonyl (C=O) groups is 2. The summed E-state index contributed by atoms with van der Waals surface area (Å²) in [5, 5.41) is 11.5. The van der Waals surface area contributed by atoms with Gasteiger partial charge in [-0.1, -0.05) is 42.5 Å². The van der Waals surface area contributed by atoms with Gasteiger partial charge in [-0.2, -0.15) is 0 Å². The summed E-state index contributed by atoms with van der Waals surface area (Å²) in [6, 6.07) is 16.2. The van der Waals surface area contributed by atoms with Gasteiger partial charge >= 0.3 is 5.97 Å². The van der Waals surface area contributed by atoms with Crippen LogP contribution in [0.25, 0.3) is 0 Å². The first kappa shape index (κ1) is 18.9. The minimum atomic E-state index is -0.978. The van der Waals surface area contributed by atoms with Gasteiger partial charge in [0, 0.05) is 37.3 Å². The predicted octanol–water partition coefficient (Wildman–Crippen LogP) is 3.01. The molecule has 0 saturated carbocycles. The second-order valence-corrected chi connectivity index (χ2v) is 6.83. The molecule has 1 heterocycles. The van der Waals surface area contributed by atoms with E-state index < -0.39 is 5.97 Å². The lowest BCUT2D eigenvalue weighted by atomic mass is 9.99. The molecule has 0 radical (unpaired) electrons. The second kappa shape index (κ2) is 8.64. The Labute approximate surface area is 159 Å². The molecular formula is C22H24N2O3. The van der Waals surface area contributed by atoms with E-state index in [0.717, 1.165) is 26.1 Å². The van der Waals surface area contributed by atoms with Gasteiger partial charge in [0.15, 0.2) is 0 Å². The number of carbonyl (C=O) groups excluding carboxylic acids is 1. The molecule has 1 aliphatic rings. The molecule has 0 spiro atoms. The zero-order valence-electron chi connectivity index (χ0n) is 15.4. The molecule has 2 aromatic rings. The lowest BCUT2D eigenvalue weighted by molar-refractivity contribution is -0.132. The number of amides is 1. The van der Waals surface area contributed by atoms with Gasteiger partial charge < -0.3 is 10.4 Å². The maximum absolute atomic E-state index is 12.1. The molecule has 27 heavy (non-hydrogen) atoms. The first-order valence-corrected chi connectivity index (χ1v) is 9.09. The summed E-state index contributed by atoms with van der Waals surface area (Å²) in [5.41, 5.74) is 4.79. The number of fused-ring (bicyclic) bond motifs is 1. The Morgan fingerprint density at radius 2 is 1.81 bits per heavy atom. The van der Waals surface area contributed by atoms with E-state index in [4.69, 9.17) is 5.11 Å². The number of aliphatic carboxylic acids is 1. The van der Waals surface area contributed by atoms with Crippen molar-refractivity contribution in [1.82, 2.24) is 10.2 Å². The average molecular weight is 364 g/mol. The van der Waals surface area contributed by atoms with Crippen LogP contribution in [-0.4, -0.2) is 35.0 Å². The standard InChI is InChI=1S/C22H24N2O3/c1-16(22(26)27)10-12-23-21(25)19-8-6-17(7-9-19)14-24-13-11-18-4-2-3-5-20(18)15-24/h2-10H,11-15H2,1H3,(H,23,25)(H,26,27). The molecule has 2 N–H and O–H groups in total. The topological polar surface area (TPSA) is 69.6 Å². The van der Waals surface area contributed by atoms with Gasteiger partial charge in [-0.25, -0.2) is 4.79 Å². The number of hydrogen-bond acceptors (Lipinski definition) is 3. The lowest BCUT2D eigenvalue weighted by Gasteiger charge is -2.28. The molecule has 3 rings (SSSR count). The number of hydrogen-bond donors (Lipinski definition) is 2. The number of benzene rings is 2. The molecule has 2 aromatic carbocycles. The van der Waals surface area contributed by atoms with E-state index in [0.29, 0.717) is 5.56 Å². The molecule has 0 bridgehead atoms. The Bertz CT molecular complexity index is 856. The predicted molar refractivity (Wildman–Crippen MR) is 104 cm³/mol. The maximum Gasteiger partial charge on any atom is 0.331 e. The van der Waals surface area contributed by atoms with Crippen LogP contribution in [0, 0.1) is 0 Å². The molecule has 1 amide bonds. The van der Waals surface area contributed by atoms with Crippen LogP contribution in [-0.2, 0) is 24.3 Å². The smallest absolute Gasteiger partial charge is 0.331 e. The summed E-state index contributed by atoms with van der Waals surface area (Å²) in [7, 11) is 0. The SMILES string of the molecule is CC(=CCNC(=O)c1ccc(CN2CCc3ccccc3C2)cc1)C(=O)O. The first-order valence-electron chi connectivity index (χ1n) is 9.09. The van der Waals surface area contributed by atoms with Crippen molar-refractivity contribution in [2.75, 3.05) is 13.1 Å². The van der Waals surface area contributed by atoms with Gasteiger partial charge in [-0.05, 0) is 42.2 Å². The van der Waals surface area contributed by atoms with Crippen LogP contribution in [0.15, 0.2) is 60.2 Å². The van der Waals surface area contributed by atoms with Crippen molar-refractivity contribution < 1.29 is 14.7 Å². The molecule has 0 fully saturated rings. The molecule has 5 nitrogen and oxygen atoms in total. The van der Waals surface area contributed by atoms with Crippen LogP contribution in [0.5, 0.6) is 0 Å². The quantitative estimate of drug-likeness (QED) is 0.773. The van der Waals surface area contributed by atoms with Crippen molar-refractivity contribution >= 4 is 11.9 Å². The normalized spacial score (nSPS) is 14.5. The van der Waals surface area contributed by atoms with Gasteiger partial charge in [0.05, 0.1) is 0 Å². The van der Waals surface area contributed by atoms with Crippen molar-refractivity contribution in [1.29, 1.82) is 0 Å². The van der Waals surface area contributed by atoms with Crippen molar-refractivity contribution in [3.8, 4) is 0 Å². The lowest BCUT2D eigenvalue weighted by Crippen LogP contribution is -2.30. The van der Waals surface area contributed by atoms with Crippen molar-refractivity contribution in [3.63, 3.8) is 0 Å². The minimum absolute atomic E-state index is 0.200. The summed E-state index contributed by atoms with van der Waals surface area (Å²) >= 11 is 0. The van der Waals surface area contributed by atoms with E-state index in [1.54, 1.807) is 0 Å². The molecule has 0 aromatic heterocycles. The number of carboxylic acid groups (broad SMARTS) is 1. The van der Waals surface area contributed by atoms with Crippen molar-refractivity contribution in [2.45, 2.75) is 26.4 Å². The van der Waals surface area contributed by atoms with E-state index in [9.17, 15) is 9.59 Å². The number of carboxylic acids is 1. The Hall–Kier alpha value is -2.92. The zero-order valence-corrected chi connectivity index (χ0v) is 15.4. The summed E-state index contributed by atoms with van der Waals surface area (Å²) in [6.45, 7) is 4.55. The molecular weight excluding hydrogens is 340 g/mol. The van der Waals surface area contributed by atoms with E-state index in [-0.39, 0.29) is 18.0 Å². The van der Waals surface area contributed by atoms with Crippen LogP contribution < -0.4 is 5.32 Å². The van der Waals surface area contributed by atoms with E-state index >= 15 is 0 Å². The van der Waals surface area contributed by atoms with Gasteiger partial charge in [0.1, 0.15) is 0 Å². The first-order chi connectivity index (χ1) is 13.0. The van der Waals surface area contributed by atoms with Crippen molar-refractivity contribution in [3.05, 3.63) is 82.4 Å². The monoisotopic (exact) mass is 364 g/mol. The highest BCUT2D eigenvalue weighted by atomic mass is 16.4. The third-order valence-electron chi connectivity index (χ3n) is 4.84. The third kappa shape index (κ3) is 5.05. The summed E-state index contributed by atoms with van der Waals surface area (Å²) in [5.74, 6) is -1.18. The fourth-order valence-electron chi connectivity index (χ4n) is 3.20. The molecule has 0 atom stereocenters.